The zero-order chi connectivity index (χ0) is 6.85. The van der Waals surface area contributed by atoms with E-state index in [-0.39, 0.29) is 0 Å². The molecule has 0 amide bonds. The van der Waals surface area contributed by atoms with Gasteiger partial charge in [-0.3, -0.25) is 0 Å². The van der Waals surface area contributed by atoms with Crippen molar-refractivity contribution < 1.29 is 4.74 Å². The van der Waals surface area contributed by atoms with Crippen LogP contribution in [0.2, 0.25) is 0 Å². The quantitative estimate of drug-likeness (QED) is 0.610. The largest absolute Gasteiger partial charge is 0.378 e. The van der Waals surface area contributed by atoms with E-state index in [9.17, 15) is 0 Å². The molecule has 2 nitrogen and oxygen atoms in total. The van der Waals surface area contributed by atoms with Gasteiger partial charge in [0.25, 0.3) is 0 Å². The maximum absolute atomic E-state index is 5.57. The van der Waals surface area contributed by atoms with E-state index in [1.165, 1.54) is 0 Å². The average Bonchev–Trinajstić information content (AvgIpc) is 2.42. The fraction of sp³-hybridized carbons (Fsp3) is 1.00. The van der Waals surface area contributed by atoms with Crippen molar-refractivity contribution in [2.24, 2.45) is 11.7 Å². The van der Waals surface area contributed by atoms with Gasteiger partial charge in [-0.2, -0.15) is 0 Å². The van der Waals surface area contributed by atoms with Crippen LogP contribution in [-0.4, -0.2) is 18.8 Å². The predicted octanol–water partition coefficient (Wildman–Crippen LogP) is 0.759. The number of ether oxygens (including phenoxy) is 1. The molecule has 2 N–H and O–H groups in total. The van der Waals surface area contributed by atoms with Crippen LogP contribution < -0.4 is 5.73 Å². The molecular formula is C7H15NO. The molecule has 1 aliphatic carbocycles. The van der Waals surface area contributed by atoms with Crippen molar-refractivity contribution >= 4 is 0 Å². The van der Waals surface area contributed by atoms with Crippen LogP contribution in [0.25, 0.3) is 0 Å². The molecule has 0 aromatic rings. The maximum Gasteiger partial charge on any atom is 0.0519 e. The smallest absolute Gasteiger partial charge is 0.0519 e. The summed E-state index contributed by atoms with van der Waals surface area (Å²) >= 11 is 0. The minimum absolute atomic E-state index is 0.359. The Kier molecular flexibility index (Phi) is 2.09. The summed E-state index contributed by atoms with van der Waals surface area (Å²) in [7, 11) is 0. The Morgan fingerprint density at radius 2 is 2.22 bits per heavy atom. The minimum Gasteiger partial charge on any atom is -0.378 e. The maximum atomic E-state index is 5.57. The summed E-state index contributed by atoms with van der Waals surface area (Å²) in [6.45, 7) is 4.96. The molecule has 0 spiro atoms. The van der Waals surface area contributed by atoms with Gasteiger partial charge in [0.2, 0.25) is 0 Å². The Bertz CT molecular complexity index is 92.9. The van der Waals surface area contributed by atoms with Crippen LogP contribution in [0.4, 0.5) is 0 Å². The van der Waals surface area contributed by atoms with Gasteiger partial charge in [0.1, 0.15) is 0 Å². The SMILES string of the molecule is CC(C)OCC1CC1N. The molecule has 2 heteroatoms. The first-order valence-corrected chi connectivity index (χ1v) is 3.57. The van der Waals surface area contributed by atoms with Crippen LogP contribution in [0.15, 0.2) is 0 Å². The molecule has 1 rings (SSSR count). The molecule has 0 aromatic heterocycles. The van der Waals surface area contributed by atoms with Crippen molar-refractivity contribution in [3.05, 3.63) is 0 Å². The number of nitrogens with two attached hydrogens (primary N) is 1. The third kappa shape index (κ3) is 2.33. The van der Waals surface area contributed by atoms with Crippen LogP contribution in [0.1, 0.15) is 20.3 Å². The summed E-state index contributed by atoms with van der Waals surface area (Å²) in [4.78, 5) is 0. The number of hydrogen-bond acceptors (Lipinski definition) is 2. The lowest BCUT2D eigenvalue weighted by molar-refractivity contribution is 0.0698. The summed E-state index contributed by atoms with van der Waals surface area (Å²) < 4.78 is 5.36. The van der Waals surface area contributed by atoms with Crippen LogP contribution in [0.5, 0.6) is 0 Å². The lowest BCUT2D eigenvalue weighted by Crippen LogP contribution is -2.10. The van der Waals surface area contributed by atoms with Crippen LogP contribution in [0, 0.1) is 5.92 Å². The molecule has 2 atom stereocenters. The first-order chi connectivity index (χ1) is 4.20. The van der Waals surface area contributed by atoms with Crippen molar-refractivity contribution in [2.75, 3.05) is 6.61 Å². The van der Waals surface area contributed by atoms with Crippen LogP contribution in [-0.2, 0) is 4.74 Å². The highest BCUT2D eigenvalue weighted by atomic mass is 16.5. The van der Waals surface area contributed by atoms with Gasteiger partial charge in [-0.05, 0) is 26.2 Å². The molecule has 9 heavy (non-hydrogen) atoms. The van der Waals surface area contributed by atoms with E-state index in [2.05, 4.69) is 0 Å². The summed E-state index contributed by atoms with van der Waals surface area (Å²) in [5.74, 6) is 0.660. The van der Waals surface area contributed by atoms with E-state index < -0.39 is 0 Å². The lowest BCUT2D eigenvalue weighted by Gasteiger charge is -2.04. The van der Waals surface area contributed by atoms with E-state index in [0.29, 0.717) is 18.1 Å². The summed E-state index contributed by atoms with van der Waals surface area (Å²) in [6.07, 6.45) is 1.52. The van der Waals surface area contributed by atoms with Crippen molar-refractivity contribution in [1.82, 2.24) is 0 Å². The monoisotopic (exact) mass is 129 g/mol. The Labute approximate surface area is 56.4 Å². The second-order valence-corrected chi connectivity index (χ2v) is 3.04. The van der Waals surface area contributed by atoms with E-state index >= 15 is 0 Å². The van der Waals surface area contributed by atoms with Gasteiger partial charge in [0, 0.05) is 6.04 Å². The normalized spacial score (nSPS) is 33.3. The van der Waals surface area contributed by atoms with E-state index in [0.717, 1.165) is 13.0 Å². The highest BCUT2D eigenvalue weighted by Crippen LogP contribution is 2.27. The van der Waals surface area contributed by atoms with E-state index in [1.54, 1.807) is 0 Å². The highest BCUT2D eigenvalue weighted by molar-refractivity contribution is 4.89. The molecule has 0 bridgehead atoms. The van der Waals surface area contributed by atoms with Gasteiger partial charge in [0.15, 0.2) is 0 Å². The predicted molar refractivity (Wildman–Crippen MR) is 37.2 cm³/mol. The molecule has 0 aromatic carbocycles. The van der Waals surface area contributed by atoms with Crippen LogP contribution in [0.3, 0.4) is 0 Å². The summed E-state index contributed by atoms with van der Waals surface area (Å²) in [5, 5.41) is 0. The first kappa shape index (κ1) is 7.03. The average molecular weight is 129 g/mol. The second kappa shape index (κ2) is 2.67. The molecular weight excluding hydrogens is 114 g/mol. The molecule has 1 saturated carbocycles. The molecule has 0 radical (unpaired) electrons. The van der Waals surface area contributed by atoms with Gasteiger partial charge in [0.05, 0.1) is 12.7 Å². The summed E-state index contributed by atoms with van der Waals surface area (Å²) in [6, 6.07) is 0.434. The minimum atomic E-state index is 0.359. The van der Waals surface area contributed by atoms with Crippen molar-refractivity contribution in [3.8, 4) is 0 Å². The Hall–Kier alpha value is -0.0800. The third-order valence-electron chi connectivity index (χ3n) is 1.62. The Morgan fingerprint density at radius 1 is 1.67 bits per heavy atom. The van der Waals surface area contributed by atoms with Gasteiger partial charge in [-0.1, -0.05) is 0 Å². The molecule has 1 aliphatic rings. The van der Waals surface area contributed by atoms with E-state index in [1.807, 2.05) is 13.8 Å². The van der Waals surface area contributed by atoms with Gasteiger partial charge in [-0.15, -0.1) is 0 Å². The molecule has 54 valence electrons. The molecule has 2 unspecified atom stereocenters. The third-order valence-corrected chi connectivity index (χ3v) is 1.62. The van der Waals surface area contributed by atoms with E-state index in [4.69, 9.17) is 10.5 Å². The van der Waals surface area contributed by atoms with Crippen LogP contribution >= 0.6 is 0 Å². The van der Waals surface area contributed by atoms with Gasteiger partial charge >= 0.3 is 0 Å². The fourth-order valence-corrected chi connectivity index (χ4v) is 0.779. The standard InChI is InChI=1S/C7H15NO/c1-5(2)9-4-6-3-7(6)8/h5-7H,3-4,8H2,1-2H3. The second-order valence-electron chi connectivity index (χ2n) is 3.04. The molecule has 1 fully saturated rings. The topological polar surface area (TPSA) is 35.2 Å². The van der Waals surface area contributed by atoms with Gasteiger partial charge < -0.3 is 10.5 Å². The number of hydrogen-bond donors (Lipinski definition) is 1. The lowest BCUT2D eigenvalue weighted by atomic mass is 10.4. The number of rotatable bonds is 3. The zero-order valence-electron chi connectivity index (χ0n) is 6.13. The molecule has 0 saturated heterocycles. The zero-order valence-corrected chi connectivity index (χ0v) is 6.13. The first-order valence-electron chi connectivity index (χ1n) is 3.57. The Morgan fingerprint density at radius 3 is 2.56 bits per heavy atom. The molecule has 0 aliphatic heterocycles. The molecule has 0 heterocycles. The van der Waals surface area contributed by atoms with Gasteiger partial charge in [-0.25, -0.2) is 0 Å². The van der Waals surface area contributed by atoms with Crippen molar-refractivity contribution in [3.63, 3.8) is 0 Å². The van der Waals surface area contributed by atoms with Crippen molar-refractivity contribution in [2.45, 2.75) is 32.4 Å². The highest BCUT2D eigenvalue weighted by Gasteiger charge is 2.33. The summed E-state index contributed by atoms with van der Waals surface area (Å²) in [5.41, 5.74) is 5.57. The Balaban J connectivity index is 1.94. The van der Waals surface area contributed by atoms with Crippen molar-refractivity contribution in [1.29, 1.82) is 0 Å². The fourth-order valence-electron chi connectivity index (χ4n) is 0.779.